The van der Waals surface area contributed by atoms with Crippen molar-refractivity contribution in [3.8, 4) is 0 Å². The molecule has 0 heterocycles. The van der Waals surface area contributed by atoms with Crippen LogP contribution >= 0.6 is 0 Å². The van der Waals surface area contributed by atoms with Gasteiger partial charge in [0.1, 0.15) is 0 Å². The third-order valence-electron chi connectivity index (χ3n) is 0.774. The fraction of sp³-hybridized carbons (Fsp3) is 0.714. The first-order valence-corrected chi connectivity index (χ1v) is 4.10. The predicted molar refractivity (Wildman–Crippen MR) is 46.7 cm³/mol. The first kappa shape index (κ1) is 21.7. The Bertz CT molecular complexity index is 223. The zero-order valence-corrected chi connectivity index (χ0v) is 8.97. The Morgan fingerprint density at radius 3 is 1.06 bits per heavy atom. The maximum atomic E-state index is 10.6. The van der Waals surface area contributed by atoms with Crippen LogP contribution in [0.1, 0.15) is 13.3 Å². The quantitative estimate of drug-likeness (QED) is 0.636. The molecule has 0 aliphatic heterocycles. The Kier molecular flexibility index (Phi) is 11.5. The molecule has 4 N–H and O–H groups in total. The summed E-state index contributed by atoms with van der Waals surface area (Å²) in [5.74, 6) is -5.51. The number of rotatable bonds is 1. The zero-order chi connectivity index (χ0) is 15.6. The molecule has 0 aromatic carbocycles. The molecular formula is C7H11F6NO4. The van der Waals surface area contributed by atoms with E-state index < -0.39 is 24.3 Å². The topological polar surface area (TPSA) is 101 Å². The Labute approximate surface area is 97.2 Å². The van der Waals surface area contributed by atoms with Gasteiger partial charge in [0.2, 0.25) is 0 Å². The summed E-state index contributed by atoms with van der Waals surface area (Å²) in [6, 6.07) is 0. The number of carboxylic acids is 2. The SMILES string of the molecule is CCCN.O=C(O)C(F)(F)F.O=C(O)C(F)(F)F. The molecular weight excluding hydrogens is 276 g/mol. The number of halogens is 6. The molecule has 0 atom stereocenters. The average molecular weight is 287 g/mol. The van der Waals surface area contributed by atoms with Crippen LogP contribution in [-0.4, -0.2) is 41.0 Å². The van der Waals surface area contributed by atoms with Gasteiger partial charge in [0.25, 0.3) is 0 Å². The van der Waals surface area contributed by atoms with E-state index in [4.69, 9.17) is 25.5 Å². The maximum Gasteiger partial charge on any atom is 0.490 e. The number of nitrogens with two attached hydrogens (primary N) is 1. The van der Waals surface area contributed by atoms with Gasteiger partial charge >= 0.3 is 24.3 Å². The Hall–Kier alpha value is -1.52. The molecule has 110 valence electrons. The molecule has 0 unspecified atom stereocenters. The minimum Gasteiger partial charge on any atom is -0.475 e. The molecule has 0 spiro atoms. The maximum absolute atomic E-state index is 10.6. The lowest BCUT2D eigenvalue weighted by Gasteiger charge is -1.93. The van der Waals surface area contributed by atoms with Gasteiger partial charge in [-0.05, 0) is 13.0 Å². The fourth-order valence-corrected chi connectivity index (χ4v) is 0. The average Bonchev–Trinajstić information content (AvgIpc) is 2.16. The number of aliphatic carboxylic acids is 2. The van der Waals surface area contributed by atoms with E-state index in [1.54, 1.807) is 0 Å². The lowest BCUT2D eigenvalue weighted by molar-refractivity contribution is -0.193. The highest BCUT2D eigenvalue weighted by atomic mass is 19.4. The van der Waals surface area contributed by atoms with Gasteiger partial charge in [0.15, 0.2) is 0 Å². The second kappa shape index (κ2) is 9.50. The second-order valence-corrected chi connectivity index (χ2v) is 2.39. The minimum atomic E-state index is -5.08. The summed E-state index contributed by atoms with van der Waals surface area (Å²) in [7, 11) is 0. The van der Waals surface area contributed by atoms with Gasteiger partial charge in [-0.1, -0.05) is 6.92 Å². The highest BCUT2D eigenvalue weighted by Gasteiger charge is 2.38. The lowest BCUT2D eigenvalue weighted by Crippen LogP contribution is -2.21. The van der Waals surface area contributed by atoms with Crippen molar-refractivity contribution in [3.05, 3.63) is 0 Å². The molecule has 0 saturated heterocycles. The van der Waals surface area contributed by atoms with Crippen LogP contribution < -0.4 is 5.73 Å². The van der Waals surface area contributed by atoms with E-state index >= 15 is 0 Å². The highest BCUT2D eigenvalue weighted by molar-refractivity contribution is 5.73. The Morgan fingerprint density at radius 2 is 1.06 bits per heavy atom. The Balaban J connectivity index is -0.000000196. The molecule has 0 bridgehead atoms. The van der Waals surface area contributed by atoms with Gasteiger partial charge in [-0.15, -0.1) is 0 Å². The predicted octanol–water partition coefficient (Wildman–Crippen LogP) is 1.62. The molecule has 0 aromatic heterocycles. The van der Waals surface area contributed by atoms with E-state index in [2.05, 4.69) is 6.92 Å². The molecule has 0 aliphatic carbocycles. The van der Waals surface area contributed by atoms with E-state index in [-0.39, 0.29) is 0 Å². The van der Waals surface area contributed by atoms with E-state index in [0.717, 1.165) is 13.0 Å². The van der Waals surface area contributed by atoms with Crippen molar-refractivity contribution in [1.82, 2.24) is 0 Å². The largest absolute Gasteiger partial charge is 0.490 e. The van der Waals surface area contributed by atoms with Gasteiger partial charge in [-0.25, -0.2) is 9.59 Å². The molecule has 18 heavy (non-hydrogen) atoms. The number of alkyl halides is 6. The van der Waals surface area contributed by atoms with Crippen LogP contribution in [0, 0.1) is 0 Å². The van der Waals surface area contributed by atoms with Gasteiger partial charge in [-0.2, -0.15) is 26.3 Å². The van der Waals surface area contributed by atoms with Crippen LogP contribution in [0.5, 0.6) is 0 Å². The van der Waals surface area contributed by atoms with E-state index in [9.17, 15) is 26.3 Å². The van der Waals surface area contributed by atoms with Crippen LogP contribution in [0.25, 0.3) is 0 Å². The minimum absolute atomic E-state index is 0.819. The summed E-state index contributed by atoms with van der Waals surface area (Å²) in [6.45, 7) is 2.88. The van der Waals surface area contributed by atoms with Crippen LogP contribution in [-0.2, 0) is 9.59 Å². The number of hydrogen-bond acceptors (Lipinski definition) is 3. The van der Waals surface area contributed by atoms with E-state index in [1.807, 2.05) is 0 Å². The zero-order valence-electron chi connectivity index (χ0n) is 8.97. The first-order chi connectivity index (χ1) is 7.80. The monoisotopic (exact) mass is 287 g/mol. The van der Waals surface area contributed by atoms with Gasteiger partial charge in [0.05, 0.1) is 0 Å². The van der Waals surface area contributed by atoms with Gasteiger partial charge < -0.3 is 15.9 Å². The lowest BCUT2D eigenvalue weighted by atomic mass is 10.5. The molecule has 0 saturated carbocycles. The third kappa shape index (κ3) is 20.0. The van der Waals surface area contributed by atoms with Crippen LogP contribution in [0.4, 0.5) is 26.3 Å². The van der Waals surface area contributed by atoms with Crippen LogP contribution in [0.3, 0.4) is 0 Å². The van der Waals surface area contributed by atoms with Gasteiger partial charge in [-0.3, -0.25) is 0 Å². The molecule has 0 rings (SSSR count). The van der Waals surface area contributed by atoms with Crippen LogP contribution in [0.15, 0.2) is 0 Å². The highest BCUT2D eigenvalue weighted by Crippen LogP contribution is 2.13. The summed E-state index contributed by atoms with van der Waals surface area (Å²) >= 11 is 0. The summed E-state index contributed by atoms with van der Waals surface area (Å²) in [6.07, 6.45) is -9.07. The van der Waals surface area contributed by atoms with Crippen molar-refractivity contribution >= 4 is 11.9 Å². The molecule has 11 heteroatoms. The van der Waals surface area contributed by atoms with Crippen LogP contribution in [0.2, 0.25) is 0 Å². The van der Waals surface area contributed by atoms with Gasteiger partial charge in [0, 0.05) is 0 Å². The van der Waals surface area contributed by atoms with Crippen molar-refractivity contribution < 1.29 is 46.1 Å². The second-order valence-electron chi connectivity index (χ2n) is 2.39. The molecule has 0 fully saturated rings. The van der Waals surface area contributed by atoms with Crippen molar-refractivity contribution in [2.75, 3.05) is 6.54 Å². The van der Waals surface area contributed by atoms with Crippen molar-refractivity contribution in [1.29, 1.82) is 0 Å². The standard InChI is InChI=1S/C3H9N.2C2HF3O2/c1-2-3-4;2*3-2(4,5)1(6)7/h2-4H2,1H3;2*(H,6,7). The number of carbonyl (C=O) groups is 2. The number of hydrogen-bond donors (Lipinski definition) is 3. The molecule has 0 radical (unpaired) electrons. The number of carboxylic acid groups (broad SMARTS) is 2. The summed E-state index contributed by atoms with van der Waals surface area (Å²) in [4.78, 5) is 17.8. The summed E-state index contributed by atoms with van der Waals surface area (Å²) in [5, 5.41) is 14.2. The van der Waals surface area contributed by atoms with Crippen molar-refractivity contribution in [3.63, 3.8) is 0 Å². The fourth-order valence-electron chi connectivity index (χ4n) is 0. The summed E-state index contributed by atoms with van der Waals surface area (Å²) < 4.78 is 63.5. The smallest absolute Gasteiger partial charge is 0.475 e. The molecule has 5 nitrogen and oxygen atoms in total. The molecule has 0 amide bonds. The molecule has 0 aliphatic rings. The van der Waals surface area contributed by atoms with Crippen molar-refractivity contribution in [2.45, 2.75) is 25.7 Å². The summed E-state index contributed by atoms with van der Waals surface area (Å²) in [5.41, 5.74) is 5.03. The van der Waals surface area contributed by atoms with E-state index in [1.165, 1.54) is 0 Å². The first-order valence-electron chi connectivity index (χ1n) is 4.10. The normalized spacial score (nSPS) is 10.4. The van der Waals surface area contributed by atoms with Crippen molar-refractivity contribution in [2.24, 2.45) is 5.73 Å². The molecule has 0 aromatic rings. The third-order valence-corrected chi connectivity index (χ3v) is 0.774. The Morgan fingerprint density at radius 1 is 0.944 bits per heavy atom. The van der Waals surface area contributed by atoms with E-state index in [0.29, 0.717) is 0 Å².